The standard InChI is InChI=1S/C22H22ClN3O4/c1-25(2)21(27)14-30-16-8-6-15(7-9-16)24-22(28)17-12-18(23)19(13-20(17)29-3)26-10-4-5-11-26/h4-13H,14H2,1-3H3,(H,24,28). The molecule has 0 unspecified atom stereocenters. The number of ether oxygens (including phenoxy) is 2. The van der Waals surface area contributed by atoms with Gasteiger partial charge in [0.15, 0.2) is 6.61 Å². The number of nitrogens with zero attached hydrogens (tertiary/aromatic N) is 2. The Kier molecular flexibility index (Phi) is 6.64. The summed E-state index contributed by atoms with van der Waals surface area (Å²) >= 11 is 6.40. The fourth-order valence-corrected chi connectivity index (χ4v) is 2.95. The molecule has 8 heteroatoms. The number of anilines is 1. The molecule has 0 spiro atoms. The molecule has 0 saturated carbocycles. The van der Waals surface area contributed by atoms with E-state index in [-0.39, 0.29) is 18.4 Å². The van der Waals surface area contributed by atoms with Crippen molar-refractivity contribution in [2.75, 3.05) is 33.1 Å². The molecule has 1 N–H and O–H groups in total. The van der Waals surface area contributed by atoms with E-state index in [0.717, 1.165) is 0 Å². The molecule has 0 radical (unpaired) electrons. The minimum atomic E-state index is -0.357. The van der Waals surface area contributed by atoms with Crippen LogP contribution in [0.3, 0.4) is 0 Å². The van der Waals surface area contributed by atoms with Crippen molar-refractivity contribution in [2.45, 2.75) is 0 Å². The molecule has 30 heavy (non-hydrogen) atoms. The Morgan fingerprint density at radius 1 is 1.10 bits per heavy atom. The number of rotatable bonds is 7. The molecule has 1 aromatic heterocycles. The minimum absolute atomic E-state index is 0.0534. The van der Waals surface area contributed by atoms with E-state index in [1.807, 2.05) is 29.1 Å². The molecule has 0 saturated heterocycles. The van der Waals surface area contributed by atoms with E-state index in [9.17, 15) is 9.59 Å². The lowest BCUT2D eigenvalue weighted by Gasteiger charge is -2.14. The second-order valence-corrected chi connectivity index (χ2v) is 7.06. The van der Waals surface area contributed by atoms with Crippen molar-refractivity contribution in [3.8, 4) is 17.2 Å². The summed E-state index contributed by atoms with van der Waals surface area (Å²) in [5.41, 5.74) is 1.60. The van der Waals surface area contributed by atoms with E-state index in [1.165, 1.54) is 12.0 Å². The molecule has 2 aromatic carbocycles. The van der Waals surface area contributed by atoms with Crippen LogP contribution in [0.1, 0.15) is 10.4 Å². The van der Waals surface area contributed by atoms with Gasteiger partial charge in [-0.2, -0.15) is 0 Å². The van der Waals surface area contributed by atoms with E-state index >= 15 is 0 Å². The average Bonchev–Trinajstić information content (AvgIpc) is 3.27. The van der Waals surface area contributed by atoms with Crippen LogP contribution in [0.5, 0.6) is 11.5 Å². The van der Waals surface area contributed by atoms with Gasteiger partial charge in [-0.05, 0) is 42.5 Å². The van der Waals surface area contributed by atoms with Gasteiger partial charge in [-0.1, -0.05) is 11.6 Å². The Labute approximate surface area is 179 Å². The lowest BCUT2D eigenvalue weighted by atomic mass is 10.1. The molecule has 0 aliphatic rings. The Balaban J connectivity index is 1.72. The summed E-state index contributed by atoms with van der Waals surface area (Å²) in [6.07, 6.45) is 3.71. The van der Waals surface area contributed by atoms with Gasteiger partial charge in [0.25, 0.3) is 11.8 Å². The first-order valence-corrected chi connectivity index (χ1v) is 9.52. The van der Waals surface area contributed by atoms with E-state index < -0.39 is 0 Å². The molecule has 3 rings (SSSR count). The largest absolute Gasteiger partial charge is 0.496 e. The number of nitrogens with one attached hydrogen (secondary N) is 1. The lowest BCUT2D eigenvalue weighted by Crippen LogP contribution is -2.27. The van der Waals surface area contributed by atoms with Gasteiger partial charge in [0.05, 0.1) is 23.4 Å². The van der Waals surface area contributed by atoms with Crippen molar-refractivity contribution in [3.05, 3.63) is 71.5 Å². The van der Waals surface area contributed by atoms with Crippen molar-refractivity contribution in [2.24, 2.45) is 0 Å². The quantitative estimate of drug-likeness (QED) is 0.621. The number of likely N-dealkylation sites (N-methyl/N-ethyl adjacent to an activating group) is 1. The van der Waals surface area contributed by atoms with E-state index in [0.29, 0.717) is 33.5 Å². The molecule has 2 amide bonds. The van der Waals surface area contributed by atoms with Crippen molar-refractivity contribution in [1.82, 2.24) is 9.47 Å². The molecule has 0 aliphatic heterocycles. The second-order valence-electron chi connectivity index (χ2n) is 6.65. The lowest BCUT2D eigenvalue weighted by molar-refractivity contribution is -0.130. The van der Waals surface area contributed by atoms with Crippen LogP contribution in [-0.2, 0) is 4.79 Å². The zero-order chi connectivity index (χ0) is 21.7. The summed E-state index contributed by atoms with van der Waals surface area (Å²) < 4.78 is 12.7. The van der Waals surface area contributed by atoms with Crippen LogP contribution < -0.4 is 14.8 Å². The predicted octanol–water partition coefficient (Wildman–Crippen LogP) is 3.86. The van der Waals surface area contributed by atoms with Gasteiger partial charge in [0, 0.05) is 38.2 Å². The molecule has 0 bridgehead atoms. The van der Waals surface area contributed by atoms with Crippen LogP contribution >= 0.6 is 11.6 Å². The highest BCUT2D eigenvalue weighted by molar-refractivity contribution is 6.33. The van der Waals surface area contributed by atoms with Crippen molar-refractivity contribution in [3.63, 3.8) is 0 Å². The zero-order valence-electron chi connectivity index (χ0n) is 16.9. The molecule has 7 nitrogen and oxygen atoms in total. The number of aromatic nitrogens is 1. The summed E-state index contributed by atoms with van der Waals surface area (Å²) in [5.74, 6) is 0.437. The van der Waals surface area contributed by atoms with Crippen molar-refractivity contribution in [1.29, 1.82) is 0 Å². The fraction of sp³-hybridized carbons (Fsp3) is 0.182. The maximum absolute atomic E-state index is 12.8. The number of amides is 2. The van der Waals surface area contributed by atoms with E-state index in [2.05, 4.69) is 5.32 Å². The van der Waals surface area contributed by atoms with Crippen molar-refractivity contribution >= 4 is 29.1 Å². The van der Waals surface area contributed by atoms with Gasteiger partial charge in [-0.15, -0.1) is 0 Å². The highest BCUT2D eigenvalue weighted by atomic mass is 35.5. The Morgan fingerprint density at radius 2 is 1.77 bits per heavy atom. The molecule has 0 aliphatic carbocycles. The summed E-state index contributed by atoms with van der Waals surface area (Å²) in [7, 11) is 4.83. The van der Waals surface area contributed by atoms with Gasteiger partial charge in [0.2, 0.25) is 0 Å². The fourth-order valence-electron chi connectivity index (χ4n) is 2.69. The Bertz CT molecular complexity index is 1030. The number of hydrogen-bond acceptors (Lipinski definition) is 4. The van der Waals surface area contributed by atoms with Crippen LogP contribution in [0, 0.1) is 0 Å². The molecule has 0 atom stereocenters. The third-order valence-corrected chi connectivity index (χ3v) is 4.67. The number of benzene rings is 2. The van der Waals surface area contributed by atoms with Crippen LogP contribution in [0.4, 0.5) is 5.69 Å². The first kappa shape index (κ1) is 21.3. The third-order valence-electron chi connectivity index (χ3n) is 4.37. The summed E-state index contributed by atoms with van der Waals surface area (Å²) in [5, 5.41) is 3.23. The monoisotopic (exact) mass is 427 g/mol. The van der Waals surface area contributed by atoms with Gasteiger partial charge in [-0.3, -0.25) is 9.59 Å². The highest BCUT2D eigenvalue weighted by Gasteiger charge is 2.17. The van der Waals surface area contributed by atoms with Gasteiger partial charge in [0.1, 0.15) is 11.5 Å². The molecule has 0 fully saturated rings. The summed E-state index contributed by atoms with van der Waals surface area (Å²) in [6, 6.07) is 13.8. The normalized spacial score (nSPS) is 10.4. The summed E-state index contributed by atoms with van der Waals surface area (Å²) in [4.78, 5) is 25.8. The third kappa shape index (κ3) is 4.93. The molecule has 3 aromatic rings. The first-order chi connectivity index (χ1) is 14.4. The topological polar surface area (TPSA) is 72.8 Å². The highest BCUT2D eigenvalue weighted by Crippen LogP contribution is 2.30. The minimum Gasteiger partial charge on any atom is -0.496 e. The molecular weight excluding hydrogens is 406 g/mol. The molecule has 156 valence electrons. The number of methoxy groups -OCH3 is 1. The van der Waals surface area contributed by atoms with Crippen LogP contribution in [0.2, 0.25) is 5.02 Å². The maximum atomic E-state index is 12.8. The second kappa shape index (κ2) is 9.37. The zero-order valence-corrected chi connectivity index (χ0v) is 17.6. The van der Waals surface area contributed by atoms with Crippen molar-refractivity contribution < 1.29 is 19.1 Å². The first-order valence-electron chi connectivity index (χ1n) is 9.14. The number of halogens is 1. The Hall–Kier alpha value is -3.45. The van der Waals surface area contributed by atoms with E-state index in [4.69, 9.17) is 21.1 Å². The SMILES string of the molecule is COc1cc(-n2cccc2)c(Cl)cc1C(=O)Nc1ccc(OCC(=O)N(C)C)cc1. The average molecular weight is 428 g/mol. The van der Waals surface area contributed by atoms with Gasteiger partial charge in [-0.25, -0.2) is 0 Å². The Morgan fingerprint density at radius 3 is 2.37 bits per heavy atom. The summed E-state index contributed by atoms with van der Waals surface area (Å²) in [6.45, 7) is -0.0534. The molecular formula is C22H22ClN3O4. The van der Waals surface area contributed by atoms with Crippen LogP contribution in [0.25, 0.3) is 5.69 Å². The predicted molar refractivity (Wildman–Crippen MR) is 116 cm³/mol. The number of carbonyl (C=O) groups excluding carboxylic acids is 2. The van der Waals surface area contributed by atoms with Gasteiger partial charge < -0.3 is 24.3 Å². The van der Waals surface area contributed by atoms with Crippen LogP contribution in [0.15, 0.2) is 60.9 Å². The smallest absolute Gasteiger partial charge is 0.259 e. The van der Waals surface area contributed by atoms with Gasteiger partial charge >= 0.3 is 0 Å². The molecule has 1 heterocycles. The number of hydrogen-bond donors (Lipinski definition) is 1. The maximum Gasteiger partial charge on any atom is 0.259 e. The van der Waals surface area contributed by atoms with Crippen LogP contribution in [-0.4, -0.2) is 49.1 Å². The van der Waals surface area contributed by atoms with E-state index in [1.54, 1.807) is 50.5 Å². The number of carbonyl (C=O) groups is 2.